The molecule has 5 aliphatic rings. The van der Waals surface area contributed by atoms with E-state index < -0.39 is 74.1 Å². The molecule has 0 bridgehead atoms. The van der Waals surface area contributed by atoms with E-state index in [-0.39, 0.29) is 25.3 Å². The van der Waals surface area contributed by atoms with E-state index in [2.05, 4.69) is 25.2 Å². The highest BCUT2D eigenvalue weighted by molar-refractivity contribution is 7.91. The SMILES string of the molecule is C[C@@H]1CCC=C[C@@H]2C[C@@]2(C(=O)NS(=O)(=O)C2(C)CC2)NC(=O)[C@@H]2C[C@@H](Oc3nccc4c(N5CCOCC5)cccc34)CN2C(=O)[C@@H](NC(=O)O)[C@H](C)C1. The first-order chi connectivity index (χ1) is 25.7. The third kappa shape index (κ3) is 7.46. The number of nitrogens with one attached hydrogen (secondary N) is 3. The van der Waals surface area contributed by atoms with Crippen molar-refractivity contribution in [2.75, 3.05) is 37.7 Å². The standard InChI is InChI=1S/C38H50N6O9S/c1-23-7-4-5-8-25-21-38(25,35(47)42-54(50,51)37(3)12-13-37)41-32(45)30-20-26(22-44(30)34(46)31(24(2)19-23)40-36(48)49)53-33-28-9-6-10-29(27(28)11-14-39-33)43-15-17-52-18-16-43/h5-6,8-11,14,23-26,30-31,40H,4,7,12-13,15-22H2,1-3H3,(H,41,45)(H,42,47)(H,48,49)/t23-,24-,25-,26-,30+,31+,38-/m1/s1. The van der Waals surface area contributed by atoms with Crippen LogP contribution in [0.25, 0.3) is 10.8 Å². The van der Waals surface area contributed by atoms with Crippen LogP contribution < -0.4 is 25.0 Å². The molecule has 1 aromatic heterocycles. The summed E-state index contributed by atoms with van der Waals surface area (Å²) < 4.78 is 39.6. The number of nitrogens with zero attached hydrogens (tertiary/aromatic N) is 3. The van der Waals surface area contributed by atoms with Crippen molar-refractivity contribution in [2.45, 2.75) is 94.2 Å². The van der Waals surface area contributed by atoms with Crippen LogP contribution in [0.15, 0.2) is 42.6 Å². The number of allylic oxidation sites excluding steroid dienone is 1. The molecule has 2 saturated carbocycles. The van der Waals surface area contributed by atoms with Crippen molar-refractivity contribution in [3.8, 4) is 5.88 Å². The van der Waals surface area contributed by atoms with Crippen molar-refractivity contribution >= 4 is 50.3 Å². The van der Waals surface area contributed by atoms with E-state index in [1.54, 1.807) is 13.1 Å². The third-order valence-electron chi connectivity index (χ3n) is 11.9. The van der Waals surface area contributed by atoms with Crippen molar-refractivity contribution in [3.63, 3.8) is 0 Å². The lowest BCUT2D eigenvalue weighted by atomic mass is 9.88. The lowest BCUT2D eigenvalue weighted by Gasteiger charge is -2.32. The minimum atomic E-state index is -4.00. The predicted molar refractivity (Wildman–Crippen MR) is 199 cm³/mol. The van der Waals surface area contributed by atoms with Crippen LogP contribution in [0.1, 0.15) is 65.7 Å². The quantitative estimate of drug-likeness (QED) is 0.303. The summed E-state index contributed by atoms with van der Waals surface area (Å²) in [6, 6.07) is 5.48. The van der Waals surface area contributed by atoms with Crippen LogP contribution in [-0.2, 0) is 29.1 Å². The number of hydrogen-bond acceptors (Lipinski definition) is 10. The molecule has 1 aromatic carbocycles. The number of amides is 4. The molecule has 7 rings (SSSR count). The molecule has 4 heterocycles. The van der Waals surface area contributed by atoms with Gasteiger partial charge in [0.25, 0.3) is 5.91 Å². The molecule has 54 heavy (non-hydrogen) atoms. The summed E-state index contributed by atoms with van der Waals surface area (Å²) in [5, 5.41) is 16.8. The first kappa shape index (κ1) is 37.9. The normalized spacial score (nSPS) is 31.3. The average molecular weight is 767 g/mol. The summed E-state index contributed by atoms with van der Waals surface area (Å²) in [5.41, 5.74) is -0.526. The zero-order valence-electron chi connectivity index (χ0n) is 31.0. The van der Waals surface area contributed by atoms with Gasteiger partial charge in [-0.15, -0.1) is 0 Å². The maximum atomic E-state index is 14.5. The maximum absolute atomic E-state index is 14.5. The van der Waals surface area contributed by atoms with Gasteiger partial charge in [-0.25, -0.2) is 18.2 Å². The molecule has 2 aromatic rings. The molecule has 2 saturated heterocycles. The molecule has 292 valence electrons. The zero-order valence-corrected chi connectivity index (χ0v) is 31.8. The fourth-order valence-electron chi connectivity index (χ4n) is 8.23. The number of carboxylic acid groups (broad SMARTS) is 1. The number of aromatic nitrogens is 1. The largest absolute Gasteiger partial charge is 0.472 e. The minimum absolute atomic E-state index is 0.0257. The van der Waals surface area contributed by atoms with E-state index in [1.165, 1.54) is 4.90 Å². The van der Waals surface area contributed by atoms with Crippen LogP contribution in [0.4, 0.5) is 10.5 Å². The Labute approximate surface area is 315 Å². The van der Waals surface area contributed by atoms with Gasteiger partial charge >= 0.3 is 6.09 Å². The molecule has 0 unspecified atom stereocenters. The number of carbonyl (C=O) groups is 4. The second kappa shape index (κ2) is 14.7. The van der Waals surface area contributed by atoms with Gasteiger partial charge in [0.15, 0.2) is 0 Å². The third-order valence-corrected chi connectivity index (χ3v) is 14.1. The number of morpholine rings is 1. The number of pyridine rings is 1. The molecule has 15 nitrogen and oxygen atoms in total. The number of sulfonamides is 1. The van der Waals surface area contributed by atoms with Crippen molar-refractivity contribution in [2.24, 2.45) is 17.8 Å². The van der Waals surface area contributed by atoms with E-state index in [0.717, 1.165) is 36.0 Å². The number of carbonyl (C=O) groups excluding carboxylic acids is 3. The Hall–Kier alpha value is -4.44. The fourth-order valence-corrected chi connectivity index (χ4v) is 9.54. The van der Waals surface area contributed by atoms with Crippen LogP contribution in [0.5, 0.6) is 5.88 Å². The number of ether oxygens (including phenoxy) is 2. The summed E-state index contributed by atoms with van der Waals surface area (Å²) >= 11 is 0. The van der Waals surface area contributed by atoms with E-state index >= 15 is 0 Å². The highest BCUT2D eigenvalue weighted by Crippen LogP contribution is 2.47. The first-order valence-corrected chi connectivity index (χ1v) is 20.4. The smallest absolute Gasteiger partial charge is 0.405 e. The van der Waals surface area contributed by atoms with Crippen LogP contribution in [-0.4, -0.2) is 109 Å². The lowest BCUT2D eigenvalue weighted by Crippen LogP contribution is -2.59. The minimum Gasteiger partial charge on any atom is -0.472 e. The molecular weight excluding hydrogens is 717 g/mol. The van der Waals surface area contributed by atoms with Gasteiger partial charge in [-0.3, -0.25) is 19.1 Å². The van der Waals surface area contributed by atoms with Crippen molar-refractivity contribution in [3.05, 3.63) is 42.6 Å². The van der Waals surface area contributed by atoms with E-state index in [4.69, 9.17) is 9.47 Å². The number of fused-ring (bicyclic) bond motifs is 3. The van der Waals surface area contributed by atoms with Gasteiger partial charge in [0.1, 0.15) is 23.7 Å². The van der Waals surface area contributed by atoms with Crippen LogP contribution in [0.2, 0.25) is 0 Å². The Kier molecular flexibility index (Phi) is 10.3. The molecule has 16 heteroatoms. The van der Waals surface area contributed by atoms with Gasteiger partial charge in [0.05, 0.1) is 24.5 Å². The zero-order chi connectivity index (χ0) is 38.4. The number of hydrogen-bond donors (Lipinski definition) is 4. The Morgan fingerprint density at radius 3 is 2.57 bits per heavy atom. The van der Waals surface area contributed by atoms with Crippen LogP contribution in [0.3, 0.4) is 0 Å². The molecule has 3 aliphatic heterocycles. The van der Waals surface area contributed by atoms with Gasteiger partial charge in [-0.2, -0.15) is 0 Å². The van der Waals surface area contributed by atoms with Gasteiger partial charge < -0.3 is 35.0 Å². The molecule has 4 N–H and O–H groups in total. The molecular formula is C38H50N6O9S. The topological polar surface area (TPSA) is 197 Å². The van der Waals surface area contributed by atoms with Gasteiger partial charge in [-0.1, -0.05) is 32.1 Å². The molecule has 7 atom stereocenters. The predicted octanol–water partition coefficient (Wildman–Crippen LogP) is 2.94. The molecule has 4 fully saturated rings. The Morgan fingerprint density at radius 2 is 1.85 bits per heavy atom. The van der Waals surface area contributed by atoms with Crippen molar-refractivity contribution in [1.82, 2.24) is 25.2 Å². The summed E-state index contributed by atoms with van der Waals surface area (Å²) in [7, 11) is -4.00. The fraction of sp³-hybridized carbons (Fsp3) is 0.605. The summed E-state index contributed by atoms with van der Waals surface area (Å²) in [5.74, 6) is -2.44. The molecule has 0 radical (unpaired) electrons. The van der Waals surface area contributed by atoms with Gasteiger partial charge in [0.2, 0.25) is 27.7 Å². The highest BCUT2D eigenvalue weighted by atomic mass is 32.2. The number of benzene rings is 1. The highest BCUT2D eigenvalue weighted by Gasteiger charge is 2.63. The monoisotopic (exact) mass is 766 g/mol. The lowest BCUT2D eigenvalue weighted by molar-refractivity contribution is -0.142. The molecule has 0 spiro atoms. The van der Waals surface area contributed by atoms with Crippen LogP contribution in [0, 0.1) is 17.8 Å². The van der Waals surface area contributed by atoms with Gasteiger partial charge in [-0.05, 0) is 75.5 Å². The molecule has 4 amide bonds. The maximum Gasteiger partial charge on any atom is 0.405 e. The summed E-state index contributed by atoms with van der Waals surface area (Å²) in [6.45, 7) is 8.10. The number of rotatable bonds is 7. The van der Waals surface area contributed by atoms with Crippen molar-refractivity contribution in [1.29, 1.82) is 0 Å². The van der Waals surface area contributed by atoms with Crippen LogP contribution >= 0.6 is 0 Å². The Balaban J connectivity index is 1.21. The Bertz CT molecular complexity index is 1950. The summed E-state index contributed by atoms with van der Waals surface area (Å²) in [4.78, 5) is 62.9. The summed E-state index contributed by atoms with van der Waals surface area (Å²) in [6.07, 6.45) is 6.40. The second-order valence-corrected chi connectivity index (χ2v) is 18.2. The van der Waals surface area contributed by atoms with E-state index in [9.17, 15) is 32.7 Å². The first-order valence-electron chi connectivity index (χ1n) is 18.9. The second-order valence-electron chi connectivity index (χ2n) is 16.0. The van der Waals surface area contributed by atoms with E-state index in [0.29, 0.717) is 44.8 Å². The average Bonchev–Trinajstić information content (AvgIpc) is 4.02. The Morgan fingerprint density at radius 1 is 1.09 bits per heavy atom. The number of anilines is 1. The van der Waals surface area contributed by atoms with Gasteiger partial charge in [0, 0.05) is 48.1 Å². The molecule has 2 aliphatic carbocycles. The van der Waals surface area contributed by atoms with E-state index in [1.807, 2.05) is 50.3 Å². The van der Waals surface area contributed by atoms with Crippen molar-refractivity contribution < 1.29 is 42.2 Å².